The molecule has 0 aliphatic carbocycles. The van der Waals surface area contributed by atoms with Crippen LogP contribution in [0.25, 0.3) is 0 Å². The lowest BCUT2D eigenvalue weighted by Crippen LogP contribution is -2.20. The number of amides is 1. The number of hydrazone groups is 1. The van der Waals surface area contributed by atoms with Gasteiger partial charge in [-0.3, -0.25) is 4.79 Å². The van der Waals surface area contributed by atoms with E-state index in [0.29, 0.717) is 29.7 Å². The number of hydrogen-bond acceptors (Lipinski definition) is 5. The highest BCUT2D eigenvalue weighted by molar-refractivity contribution is 8.00. The number of fused-ring (bicyclic) bond motifs is 1. The van der Waals surface area contributed by atoms with E-state index in [0.717, 1.165) is 10.5 Å². The summed E-state index contributed by atoms with van der Waals surface area (Å²) in [7, 11) is 0. The minimum absolute atomic E-state index is 0.187. The Morgan fingerprint density at radius 1 is 1.21 bits per heavy atom. The van der Waals surface area contributed by atoms with Gasteiger partial charge in [-0.2, -0.15) is 5.10 Å². The maximum absolute atomic E-state index is 11.8. The van der Waals surface area contributed by atoms with E-state index in [-0.39, 0.29) is 11.7 Å². The molecular formula is C17H15ClN2O3S. The van der Waals surface area contributed by atoms with Crippen molar-refractivity contribution in [3.8, 4) is 11.5 Å². The fraction of sp³-hybridized carbons (Fsp3) is 0.176. The Balaban J connectivity index is 1.52. The largest absolute Gasteiger partial charge is 0.486 e. The Morgan fingerprint density at radius 3 is 2.83 bits per heavy atom. The predicted octanol–water partition coefficient (Wildman–Crippen LogP) is 3.35. The van der Waals surface area contributed by atoms with E-state index in [1.54, 1.807) is 18.3 Å². The number of carbonyl (C=O) groups is 1. The van der Waals surface area contributed by atoms with E-state index < -0.39 is 0 Å². The number of benzene rings is 2. The van der Waals surface area contributed by atoms with Gasteiger partial charge in [-0.25, -0.2) is 5.43 Å². The first-order chi connectivity index (χ1) is 11.7. The standard InChI is InChI=1S/C17H15ClN2O3S/c18-13-4-6-14(7-5-13)24-11-16(21)20-19-10-12-2-1-3-15-17(12)23-9-8-22-15/h1-7,10H,8-9,11H2,(H,20,21)/b19-10-. The first kappa shape index (κ1) is 16.7. The highest BCUT2D eigenvalue weighted by Crippen LogP contribution is 2.32. The summed E-state index contributed by atoms with van der Waals surface area (Å²) in [6.07, 6.45) is 1.55. The summed E-state index contributed by atoms with van der Waals surface area (Å²) in [6.45, 7) is 1.04. The van der Waals surface area contributed by atoms with Gasteiger partial charge in [0, 0.05) is 15.5 Å². The fourth-order valence-corrected chi connectivity index (χ4v) is 2.90. The van der Waals surface area contributed by atoms with Crippen molar-refractivity contribution < 1.29 is 14.3 Å². The summed E-state index contributed by atoms with van der Waals surface area (Å²) in [4.78, 5) is 12.8. The van der Waals surface area contributed by atoms with Gasteiger partial charge in [-0.05, 0) is 36.4 Å². The van der Waals surface area contributed by atoms with Gasteiger partial charge in [-0.1, -0.05) is 17.7 Å². The average Bonchev–Trinajstić information content (AvgIpc) is 2.61. The number of ether oxygens (including phenoxy) is 2. The topological polar surface area (TPSA) is 59.9 Å². The second kappa shape index (κ2) is 8.08. The Kier molecular flexibility index (Phi) is 5.61. The van der Waals surface area contributed by atoms with Gasteiger partial charge in [0.05, 0.1) is 12.0 Å². The molecule has 0 fully saturated rings. The lowest BCUT2D eigenvalue weighted by atomic mass is 10.2. The third-order valence-electron chi connectivity index (χ3n) is 3.17. The van der Waals surface area contributed by atoms with Crippen molar-refractivity contribution in [3.05, 3.63) is 53.1 Å². The summed E-state index contributed by atoms with van der Waals surface area (Å²) in [5.41, 5.74) is 3.27. The maximum Gasteiger partial charge on any atom is 0.250 e. The molecule has 1 amide bonds. The third kappa shape index (κ3) is 4.43. The first-order valence-corrected chi connectivity index (χ1v) is 8.67. The Labute approximate surface area is 149 Å². The zero-order valence-corrected chi connectivity index (χ0v) is 14.3. The van der Waals surface area contributed by atoms with E-state index in [2.05, 4.69) is 10.5 Å². The summed E-state index contributed by atoms with van der Waals surface area (Å²) in [6, 6.07) is 12.9. The quantitative estimate of drug-likeness (QED) is 0.503. The van der Waals surface area contributed by atoms with Crippen LogP contribution in [0.4, 0.5) is 0 Å². The molecule has 0 saturated carbocycles. The van der Waals surface area contributed by atoms with Crippen LogP contribution in [0.1, 0.15) is 5.56 Å². The van der Waals surface area contributed by atoms with E-state index in [9.17, 15) is 4.79 Å². The molecule has 24 heavy (non-hydrogen) atoms. The second-order valence-electron chi connectivity index (χ2n) is 4.91. The van der Waals surface area contributed by atoms with E-state index in [1.165, 1.54) is 11.8 Å². The molecule has 1 aliphatic heterocycles. The molecule has 0 bridgehead atoms. The van der Waals surface area contributed by atoms with Gasteiger partial charge in [0.1, 0.15) is 13.2 Å². The number of nitrogens with one attached hydrogen (secondary N) is 1. The van der Waals surface area contributed by atoms with Gasteiger partial charge in [-0.15, -0.1) is 11.8 Å². The number of rotatable bonds is 5. The van der Waals surface area contributed by atoms with E-state index >= 15 is 0 Å². The number of thioether (sulfide) groups is 1. The fourth-order valence-electron chi connectivity index (χ4n) is 2.08. The summed E-state index contributed by atoms with van der Waals surface area (Å²) < 4.78 is 11.1. The van der Waals surface area contributed by atoms with E-state index in [4.69, 9.17) is 21.1 Å². The molecule has 5 nitrogen and oxygen atoms in total. The molecule has 2 aromatic carbocycles. The van der Waals surface area contributed by atoms with E-state index in [1.807, 2.05) is 30.3 Å². The van der Waals surface area contributed by atoms with Crippen LogP contribution in [0.3, 0.4) is 0 Å². The zero-order valence-electron chi connectivity index (χ0n) is 12.7. The minimum Gasteiger partial charge on any atom is -0.486 e. The molecule has 1 heterocycles. The van der Waals surface area contributed by atoms with Crippen LogP contribution >= 0.6 is 23.4 Å². The highest BCUT2D eigenvalue weighted by atomic mass is 35.5. The molecule has 0 atom stereocenters. The summed E-state index contributed by atoms with van der Waals surface area (Å²) in [5.74, 6) is 1.42. The van der Waals surface area contributed by atoms with Crippen LogP contribution in [0.5, 0.6) is 11.5 Å². The average molecular weight is 363 g/mol. The Hall–Kier alpha value is -2.18. The monoisotopic (exact) mass is 362 g/mol. The molecular weight excluding hydrogens is 348 g/mol. The molecule has 2 aromatic rings. The summed E-state index contributed by atoms with van der Waals surface area (Å²) >= 11 is 7.24. The smallest absolute Gasteiger partial charge is 0.250 e. The first-order valence-electron chi connectivity index (χ1n) is 7.31. The Bertz CT molecular complexity index is 750. The van der Waals surface area contributed by atoms with Crippen molar-refractivity contribution in [3.63, 3.8) is 0 Å². The van der Waals surface area contributed by atoms with Crippen molar-refractivity contribution in [2.45, 2.75) is 4.90 Å². The van der Waals surface area contributed by atoms with Crippen LogP contribution in [0, 0.1) is 0 Å². The molecule has 1 aliphatic rings. The van der Waals surface area contributed by atoms with Crippen LogP contribution in [0.15, 0.2) is 52.5 Å². The van der Waals surface area contributed by atoms with Crippen molar-refractivity contribution in [1.82, 2.24) is 5.43 Å². The lowest BCUT2D eigenvalue weighted by Gasteiger charge is -2.19. The third-order valence-corrected chi connectivity index (χ3v) is 4.44. The normalized spacial score (nSPS) is 13.0. The number of hydrogen-bond donors (Lipinski definition) is 1. The zero-order chi connectivity index (χ0) is 16.8. The maximum atomic E-state index is 11.8. The number of carbonyl (C=O) groups excluding carboxylic acids is 1. The van der Waals surface area contributed by atoms with Crippen LogP contribution in [-0.2, 0) is 4.79 Å². The van der Waals surface area contributed by atoms with Gasteiger partial charge < -0.3 is 9.47 Å². The molecule has 1 N–H and O–H groups in total. The minimum atomic E-state index is -0.187. The van der Waals surface area contributed by atoms with Gasteiger partial charge in [0.25, 0.3) is 0 Å². The van der Waals surface area contributed by atoms with Crippen molar-refractivity contribution in [2.24, 2.45) is 5.10 Å². The van der Waals surface area contributed by atoms with Crippen LogP contribution in [-0.4, -0.2) is 31.1 Å². The number of para-hydroxylation sites is 1. The molecule has 0 spiro atoms. The van der Waals surface area contributed by atoms with Crippen molar-refractivity contribution in [2.75, 3.05) is 19.0 Å². The number of halogens is 1. The Morgan fingerprint density at radius 2 is 2.00 bits per heavy atom. The SMILES string of the molecule is O=C(CSc1ccc(Cl)cc1)N/N=C\c1cccc2c1OCCO2. The molecule has 7 heteroatoms. The van der Waals surface area contributed by atoms with Gasteiger partial charge in [0.15, 0.2) is 11.5 Å². The second-order valence-corrected chi connectivity index (χ2v) is 6.39. The highest BCUT2D eigenvalue weighted by Gasteiger charge is 2.14. The molecule has 0 saturated heterocycles. The number of nitrogens with zero attached hydrogens (tertiary/aromatic N) is 1. The molecule has 0 unspecified atom stereocenters. The summed E-state index contributed by atoms with van der Waals surface area (Å²) in [5, 5.41) is 4.65. The predicted molar refractivity (Wildman–Crippen MR) is 95.3 cm³/mol. The molecule has 3 rings (SSSR count). The van der Waals surface area contributed by atoms with Crippen molar-refractivity contribution in [1.29, 1.82) is 0 Å². The van der Waals surface area contributed by atoms with Crippen LogP contribution < -0.4 is 14.9 Å². The van der Waals surface area contributed by atoms with Gasteiger partial charge in [0.2, 0.25) is 5.91 Å². The molecule has 124 valence electrons. The van der Waals surface area contributed by atoms with Crippen LogP contribution in [0.2, 0.25) is 5.02 Å². The molecule has 0 radical (unpaired) electrons. The lowest BCUT2D eigenvalue weighted by molar-refractivity contribution is -0.118. The van der Waals surface area contributed by atoms with Crippen molar-refractivity contribution >= 4 is 35.5 Å². The van der Waals surface area contributed by atoms with Gasteiger partial charge >= 0.3 is 0 Å². The molecule has 0 aromatic heterocycles.